The number of nitrogens with one attached hydrogen (secondary N) is 1. The van der Waals surface area contributed by atoms with E-state index in [1.807, 2.05) is 23.6 Å². The minimum absolute atomic E-state index is 0.00868. The maximum Gasteiger partial charge on any atom is 0.415 e. The molecule has 43 heavy (non-hydrogen) atoms. The Hall–Kier alpha value is -2.91. The van der Waals surface area contributed by atoms with Gasteiger partial charge in [-0.05, 0) is 55.2 Å². The van der Waals surface area contributed by atoms with Gasteiger partial charge in [0.05, 0.1) is 19.7 Å². The molecule has 1 aromatic heterocycles. The molecule has 2 amide bonds. The number of para-hydroxylation sites is 2. The van der Waals surface area contributed by atoms with Crippen LogP contribution in [0.15, 0.2) is 41.8 Å². The molecule has 8 nitrogen and oxygen atoms in total. The van der Waals surface area contributed by atoms with Crippen molar-refractivity contribution in [3.63, 3.8) is 0 Å². The van der Waals surface area contributed by atoms with Crippen LogP contribution < -0.4 is 14.8 Å². The number of carbonyl (C=O) groups is 3. The number of nitrogens with zero attached hydrogens (tertiary/aromatic N) is 2. The van der Waals surface area contributed by atoms with Crippen molar-refractivity contribution in [3.05, 3.63) is 46.7 Å². The fourth-order valence-electron chi connectivity index (χ4n) is 6.97. The van der Waals surface area contributed by atoms with E-state index in [-0.39, 0.29) is 24.3 Å². The Morgan fingerprint density at radius 2 is 1.65 bits per heavy atom. The van der Waals surface area contributed by atoms with Crippen LogP contribution in [-0.4, -0.2) is 72.5 Å². The minimum Gasteiger partial charge on any atom is -0.493 e. The molecule has 0 unspecified atom stereocenters. The molecule has 1 aliphatic heterocycles. The summed E-state index contributed by atoms with van der Waals surface area (Å²) in [6.45, 7) is 0.749. The number of Topliss-reactive ketones (excluding diaryl/α,β-unsaturated/α-hetero) is 1. The van der Waals surface area contributed by atoms with Gasteiger partial charge < -0.3 is 24.6 Å². The Morgan fingerprint density at radius 3 is 2.35 bits per heavy atom. The zero-order valence-electron chi connectivity index (χ0n) is 25.5. The van der Waals surface area contributed by atoms with Gasteiger partial charge in [-0.25, -0.2) is 4.79 Å². The quantitative estimate of drug-likeness (QED) is 0.325. The second kappa shape index (κ2) is 15.7. The Bertz CT molecular complexity index is 1170. The van der Waals surface area contributed by atoms with Crippen molar-refractivity contribution in [1.29, 1.82) is 0 Å². The van der Waals surface area contributed by atoms with Crippen LogP contribution in [0.25, 0.3) is 0 Å². The molecular formula is C34H47N3O5S. The minimum atomic E-state index is -0.701. The van der Waals surface area contributed by atoms with Crippen molar-refractivity contribution in [3.8, 4) is 11.5 Å². The molecule has 0 bridgehead atoms. The second-order valence-electron chi connectivity index (χ2n) is 12.4. The van der Waals surface area contributed by atoms with Crippen molar-refractivity contribution < 1.29 is 23.9 Å². The average Bonchev–Trinajstić information content (AvgIpc) is 3.58. The molecule has 234 valence electrons. The van der Waals surface area contributed by atoms with Gasteiger partial charge in [0.15, 0.2) is 17.3 Å². The molecule has 1 saturated heterocycles. The van der Waals surface area contributed by atoms with Crippen LogP contribution >= 0.6 is 11.3 Å². The number of piperazine rings is 1. The summed E-state index contributed by atoms with van der Waals surface area (Å²) in [5, 5.41) is 5.79. The van der Waals surface area contributed by atoms with E-state index >= 15 is 0 Å². The summed E-state index contributed by atoms with van der Waals surface area (Å²) < 4.78 is 11.1. The third-order valence-corrected chi connectivity index (χ3v) is 10.3. The fourth-order valence-corrected chi connectivity index (χ4v) is 7.68. The fraction of sp³-hybridized carbons (Fsp3) is 0.618. The summed E-state index contributed by atoms with van der Waals surface area (Å²) in [4.78, 5) is 46.0. The van der Waals surface area contributed by atoms with Crippen LogP contribution in [0.3, 0.4) is 0 Å². The first-order valence-electron chi connectivity index (χ1n) is 16.2. The molecule has 2 aliphatic carbocycles. The first kappa shape index (κ1) is 31.5. The number of aryl methyl sites for hydroxylation is 1. The molecule has 9 heteroatoms. The number of benzene rings is 1. The zero-order valence-corrected chi connectivity index (χ0v) is 26.3. The van der Waals surface area contributed by atoms with Crippen molar-refractivity contribution in [2.45, 2.75) is 102 Å². The number of ether oxygens (including phenoxy) is 2. The molecule has 5 rings (SSSR count). The molecule has 2 aromatic rings. The molecule has 2 heterocycles. The number of rotatable bonds is 11. The number of thiophene rings is 1. The largest absolute Gasteiger partial charge is 0.493 e. The van der Waals surface area contributed by atoms with E-state index in [4.69, 9.17) is 9.47 Å². The van der Waals surface area contributed by atoms with E-state index in [0.29, 0.717) is 49.4 Å². The van der Waals surface area contributed by atoms with Crippen LogP contribution in [-0.2, 0) is 16.0 Å². The molecule has 3 fully saturated rings. The number of hydrogen-bond donors (Lipinski definition) is 1. The molecule has 2 atom stereocenters. The Kier molecular flexibility index (Phi) is 11.5. The van der Waals surface area contributed by atoms with Crippen LogP contribution in [0.5, 0.6) is 11.5 Å². The van der Waals surface area contributed by atoms with Crippen LogP contribution in [0.1, 0.15) is 81.9 Å². The predicted octanol–water partition coefficient (Wildman–Crippen LogP) is 6.23. The lowest BCUT2D eigenvalue weighted by molar-refractivity contribution is -0.145. The summed E-state index contributed by atoms with van der Waals surface area (Å²) in [7, 11) is 1.53. The van der Waals surface area contributed by atoms with E-state index in [2.05, 4.69) is 5.32 Å². The molecular weight excluding hydrogens is 562 g/mol. The predicted molar refractivity (Wildman–Crippen MR) is 169 cm³/mol. The normalized spacial score (nSPS) is 20.9. The molecule has 2 saturated carbocycles. The summed E-state index contributed by atoms with van der Waals surface area (Å²) >= 11 is 1.63. The van der Waals surface area contributed by atoms with Gasteiger partial charge in [-0.2, -0.15) is 0 Å². The Balaban J connectivity index is 1.33. The monoisotopic (exact) mass is 609 g/mol. The van der Waals surface area contributed by atoms with Crippen molar-refractivity contribution in [2.75, 3.05) is 26.7 Å². The molecule has 1 aromatic carbocycles. The van der Waals surface area contributed by atoms with Gasteiger partial charge in [-0.3, -0.25) is 9.59 Å². The lowest BCUT2D eigenvalue weighted by Gasteiger charge is -2.42. The highest BCUT2D eigenvalue weighted by molar-refractivity contribution is 7.09. The number of carbonyl (C=O) groups excluding carboxylic acids is 3. The molecule has 0 radical (unpaired) electrons. The number of methoxy groups -OCH3 is 1. The van der Waals surface area contributed by atoms with Crippen molar-refractivity contribution in [2.24, 2.45) is 5.92 Å². The highest BCUT2D eigenvalue weighted by Gasteiger charge is 2.40. The smallest absolute Gasteiger partial charge is 0.415 e. The SMILES string of the molecule is COc1ccccc1OC(=O)N1CCN(C(=O)[C@@H](CC2CCCCC2)NC2CCCCC2)[C@H](C(=O)CCc2cccs2)C1. The zero-order chi connectivity index (χ0) is 30.0. The van der Waals surface area contributed by atoms with Gasteiger partial charge in [0.25, 0.3) is 0 Å². The van der Waals surface area contributed by atoms with Crippen LogP contribution in [0, 0.1) is 5.92 Å². The van der Waals surface area contributed by atoms with Crippen LogP contribution in [0.2, 0.25) is 0 Å². The number of amides is 2. The second-order valence-corrected chi connectivity index (χ2v) is 13.4. The molecule has 3 aliphatic rings. The first-order chi connectivity index (χ1) is 21.0. The third kappa shape index (κ3) is 8.60. The van der Waals surface area contributed by atoms with Gasteiger partial charge in [0, 0.05) is 30.4 Å². The highest BCUT2D eigenvalue weighted by Crippen LogP contribution is 2.30. The summed E-state index contributed by atoms with van der Waals surface area (Å²) in [6.07, 6.45) is 13.2. The van der Waals surface area contributed by atoms with Crippen molar-refractivity contribution in [1.82, 2.24) is 15.1 Å². The standard InChI is InChI=1S/C34H47N3O5S/c1-41-31-16-8-9-17-32(31)42-34(40)36-20-21-37(29(24-36)30(38)19-18-27-15-10-22-43-27)33(39)28(23-25-11-4-2-5-12-25)35-26-13-6-3-7-14-26/h8-10,15-17,22,25-26,28-29,35H,2-7,11-14,18-21,23-24H2,1H3/t28-,29+/m1/s1. The van der Waals surface area contributed by atoms with E-state index in [1.165, 1.54) is 58.5 Å². The maximum absolute atomic E-state index is 14.4. The summed E-state index contributed by atoms with van der Waals surface area (Å²) in [5.74, 6) is 1.34. The van der Waals surface area contributed by atoms with E-state index in [0.717, 1.165) is 24.1 Å². The van der Waals surface area contributed by atoms with Gasteiger partial charge in [0.2, 0.25) is 5.91 Å². The first-order valence-corrected chi connectivity index (χ1v) is 17.1. The lowest BCUT2D eigenvalue weighted by atomic mass is 9.83. The van der Waals surface area contributed by atoms with Gasteiger partial charge in [-0.15, -0.1) is 11.3 Å². The van der Waals surface area contributed by atoms with E-state index in [1.54, 1.807) is 39.3 Å². The molecule has 0 spiro atoms. The van der Waals surface area contributed by atoms with Gasteiger partial charge >= 0.3 is 6.09 Å². The number of ketones is 1. The Labute approximate surface area is 260 Å². The molecule has 1 N–H and O–H groups in total. The third-order valence-electron chi connectivity index (χ3n) is 9.39. The van der Waals surface area contributed by atoms with E-state index < -0.39 is 12.1 Å². The lowest BCUT2D eigenvalue weighted by Crippen LogP contribution is -2.63. The van der Waals surface area contributed by atoms with Crippen molar-refractivity contribution >= 4 is 29.1 Å². The van der Waals surface area contributed by atoms with Crippen LogP contribution in [0.4, 0.5) is 4.79 Å². The maximum atomic E-state index is 14.4. The summed E-state index contributed by atoms with van der Waals surface area (Å²) in [6, 6.07) is 10.4. The van der Waals surface area contributed by atoms with E-state index in [9.17, 15) is 14.4 Å². The highest BCUT2D eigenvalue weighted by atomic mass is 32.1. The summed E-state index contributed by atoms with van der Waals surface area (Å²) in [5.41, 5.74) is 0. The average molecular weight is 610 g/mol. The topological polar surface area (TPSA) is 88.2 Å². The van der Waals surface area contributed by atoms with Gasteiger partial charge in [0.1, 0.15) is 6.04 Å². The van der Waals surface area contributed by atoms with Gasteiger partial charge in [-0.1, -0.05) is 69.6 Å². The Morgan fingerprint density at radius 1 is 0.930 bits per heavy atom. The number of hydrogen-bond acceptors (Lipinski definition) is 7.